The molecule has 0 saturated carbocycles. The summed E-state index contributed by atoms with van der Waals surface area (Å²) in [4.78, 5) is 35.5. The Hall–Kier alpha value is -3.59. The Morgan fingerprint density at radius 2 is 0.792 bits per heavy atom. The van der Waals surface area contributed by atoms with Gasteiger partial charge in [-0.1, -0.05) is 225 Å². The molecule has 0 rings (SSSR count). The van der Waals surface area contributed by atoms with Gasteiger partial charge in [-0.2, -0.15) is 0 Å². The lowest BCUT2D eigenvalue weighted by Crippen LogP contribution is -2.37. The lowest BCUT2D eigenvalue weighted by molar-refractivity contribution is -0.870. The van der Waals surface area contributed by atoms with E-state index in [-0.39, 0.29) is 32.0 Å². The number of likely N-dealkylation sites (N-methyl/N-ethyl adjacent to an activating group) is 1. The second kappa shape index (κ2) is 52.3. The van der Waals surface area contributed by atoms with Crippen LogP contribution in [0.5, 0.6) is 0 Å². The summed E-state index contributed by atoms with van der Waals surface area (Å²) in [6, 6.07) is 0. The lowest BCUT2D eigenvalue weighted by Gasteiger charge is -2.24. The number of phosphoric acid groups is 1. The average molecular weight is 1020 g/mol. The van der Waals surface area contributed by atoms with Crippen molar-refractivity contribution in [2.24, 2.45) is 0 Å². The summed E-state index contributed by atoms with van der Waals surface area (Å²) >= 11 is 0. The number of hydrogen-bond donors (Lipinski definition) is 1. The molecule has 72 heavy (non-hydrogen) atoms. The van der Waals surface area contributed by atoms with Crippen LogP contribution in [0.25, 0.3) is 0 Å². The maximum atomic E-state index is 12.8. The first-order valence-electron chi connectivity index (χ1n) is 28.3. The molecule has 2 unspecified atom stereocenters. The number of unbranched alkanes of at least 4 members (excludes halogenated alkanes) is 16. The van der Waals surface area contributed by atoms with Gasteiger partial charge in [0.1, 0.15) is 19.8 Å². The molecule has 0 aliphatic rings. The normalized spacial score (nSPS) is 14.2. The van der Waals surface area contributed by atoms with Crippen LogP contribution in [0.4, 0.5) is 0 Å². The summed E-state index contributed by atoms with van der Waals surface area (Å²) in [5.41, 5.74) is 0. The minimum absolute atomic E-state index is 0.0236. The highest BCUT2D eigenvalue weighted by Crippen LogP contribution is 2.43. The fourth-order valence-corrected chi connectivity index (χ4v) is 7.90. The Morgan fingerprint density at radius 3 is 1.18 bits per heavy atom. The fourth-order valence-electron chi connectivity index (χ4n) is 7.16. The van der Waals surface area contributed by atoms with Crippen molar-refractivity contribution in [1.29, 1.82) is 0 Å². The van der Waals surface area contributed by atoms with Gasteiger partial charge in [0, 0.05) is 12.8 Å². The molecule has 0 aliphatic heterocycles. The smallest absolute Gasteiger partial charge is 0.462 e. The number of esters is 2. The number of carbonyl (C=O) groups excluding carboxylic acids is 2. The average Bonchev–Trinajstić information content (AvgIpc) is 3.34. The molecule has 0 heterocycles. The second-order valence-corrected chi connectivity index (χ2v) is 21.0. The highest BCUT2D eigenvalue weighted by molar-refractivity contribution is 7.47. The summed E-state index contributed by atoms with van der Waals surface area (Å²) in [6.45, 7) is 4.27. The van der Waals surface area contributed by atoms with Crippen LogP contribution in [0.15, 0.2) is 122 Å². The molecule has 2 atom stereocenters. The van der Waals surface area contributed by atoms with E-state index in [1.54, 1.807) is 0 Å². The van der Waals surface area contributed by atoms with Crippen LogP contribution < -0.4 is 0 Å². The Morgan fingerprint density at radius 1 is 0.444 bits per heavy atom. The Balaban J connectivity index is 4.15. The highest BCUT2D eigenvalue weighted by atomic mass is 31.2. The highest BCUT2D eigenvalue weighted by Gasteiger charge is 2.27. The van der Waals surface area contributed by atoms with Gasteiger partial charge in [-0.25, -0.2) is 4.57 Å². The molecule has 0 bridgehead atoms. The third kappa shape index (κ3) is 55.7. The van der Waals surface area contributed by atoms with Gasteiger partial charge in [-0.3, -0.25) is 18.6 Å². The Bertz CT molecular complexity index is 1630. The van der Waals surface area contributed by atoms with Crippen LogP contribution in [-0.4, -0.2) is 74.9 Å². The van der Waals surface area contributed by atoms with E-state index in [0.717, 1.165) is 122 Å². The third-order valence-corrected chi connectivity index (χ3v) is 12.5. The Labute approximate surface area is 441 Å². The summed E-state index contributed by atoms with van der Waals surface area (Å²) in [5.74, 6) is -0.822. The van der Waals surface area contributed by atoms with Crippen LogP contribution >= 0.6 is 7.82 Å². The molecule has 0 aromatic rings. The molecule has 1 N–H and O–H groups in total. The van der Waals surface area contributed by atoms with Crippen LogP contribution in [0, 0.1) is 0 Å². The monoisotopic (exact) mass is 1020 g/mol. The van der Waals surface area contributed by atoms with E-state index in [9.17, 15) is 19.0 Å². The van der Waals surface area contributed by atoms with Crippen molar-refractivity contribution in [2.45, 2.75) is 213 Å². The van der Waals surface area contributed by atoms with E-state index in [1.807, 2.05) is 21.1 Å². The van der Waals surface area contributed by atoms with Crippen molar-refractivity contribution >= 4 is 19.8 Å². The molecule has 0 aromatic carbocycles. The maximum absolute atomic E-state index is 12.8. The molecule has 410 valence electrons. The first kappa shape index (κ1) is 68.4. The molecule has 9 nitrogen and oxygen atoms in total. The lowest BCUT2D eigenvalue weighted by atomic mass is 10.1. The number of ether oxygens (including phenoxy) is 2. The van der Waals surface area contributed by atoms with E-state index in [1.165, 1.54) is 51.4 Å². The largest absolute Gasteiger partial charge is 0.472 e. The van der Waals surface area contributed by atoms with Crippen LogP contribution in [-0.2, 0) is 32.7 Å². The van der Waals surface area contributed by atoms with E-state index >= 15 is 0 Å². The molecule has 0 spiro atoms. The topological polar surface area (TPSA) is 108 Å². The first-order valence-corrected chi connectivity index (χ1v) is 29.8. The molecular weight excluding hydrogens is 918 g/mol. The number of hydrogen-bond acceptors (Lipinski definition) is 7. The number of phosphoric ester groups is 1. The summed E-state index contributed by atoms with van der Waals surface area (Å²) in [7, 11) is 1.45. The Kier molecular flexibility index (Phi) is 49.7. The predicted molar refractivity (Wildman–Crippen MR) is 307 cm³/mol. The summed E-state index contributed by atoms with van der Waals surface area (Å²) < 4.78 is 34.4. The van der Waals surface area contributed by atoms with Crippen molar-refractivity contribution in [3.05, 3.63) is 122 Å². The number of allylic oxidation sites excluding steroid dienone is 20. The van der Waals surface area contributed by atoms with Gasteiger partial charge in [-0.15, -0.1) is 0 Å². The molecule has 0 aromatic heterocycles. The van der Waals surface area contributed by atoms with E-state index < -0.39 is 26.5 Å². The summed E-state index contributed by atoms with van der Waals surface area (Å²) in [5, 5.41) is 0. The number of rotatable bonds is 50. The fraction of sp³-hybridized carbons (Fsp3) is 0.645. The van der Waals surface area contributed by atoms with Gasteiger partial charge in [-0.05, 0) is 89.9 Å². The quantitative estimate of drug-likeness (QED) is 0.0211. The zero-order valence-electron chi connectivity index (χ0n) is 46.4. The molecule has 0 radical (unpaired) electrons. The van der Waals surface area contributed by atoms with Crippen molar-refractivity contribution in [2.75, 3.05) is 47.5 Å². The zero-order valence-corrected chi connectivity index (χ0v) is 47.3. The van der Waals surface area contributed by atoms with Crippen molar-refractivity contribution in [3.63, 3.8) is 0 Å². The number of carbonyl (C=O) groups is 2. The van der Waals surface area contributed by atoms with Gasteiger partial charge < -0.3 is 18.9 Å². The van der Waals surface area contributed by atoms with Gasteiger partial charge in [0.25, 0.3) is 0 Å². The molecule has 0 amide bonds. The van der Waals surface area contributed by atoms with Gasteiger partial charge in [0.15, 0.2) is 6.10 Å². The zero-order chi connectivity index (χ0) is 52.7. The van der Waals surface area contributed by atoms with E-state index in [4.69, 9.17) is 18.5 Å². The molecule has 10 heteroatoms. The van der Waals surface area contributed by atoms with Gasteiger partial charge in [0.05, 0.1) is 27.7 Å². The van der Waals surface area contributed by atoms with Crippen LogP contribution in [0.2, 0.25) is 0 Å². The minimum atomic E-state index is -4.39. The van der Waals surface area contributed by atoms with Crippen molar-refractivity contribution in [1.82, 2.24) is 0 Å². The van der Waals surface area contributed by atoms with Gasteiger partial charge in [0.2, 0.25) is 0 Å². The second-order valence-electron chi connectivity index (χ2n) is 19.6. The standard InChI is InChI=1S/C62H104NO8P/c1-6-8-10-12-14-16-18-19-20-21-22-23-24-25-26-27-28-29-30-31-32-33-34-35-36-37-38-39-40-41-42-43-45-47-49-51-53-55-62(65)71-60(59-70-72(66,67)69-57-56-63(3,4)5)58-68-61(64)54-52-50-48-46-44-17-15-13-11-9-7-2/h8,10,14,16,19-20,22-23,25-26,28-29,31-32,34-35,37-38,40-41,60H,6-7,9,11-13,15,17-18,21,24,27,30,33,36,39,42-59H2,1-5H3/p+1/b10-8-,16-14-,20-19-,23-22-,26-25-,29-28-,32-31-,35-34-,38-37-,41-40-. The first-order chi connectivity index (χ1) is 35.0. The molecule has 0 aliphatic carbocycles. The van der Waals surface area contributed by atoms with E-state index in [2.05, 4.69) is 135 Å². The number of nitrogens with zero attached hydrogens (tertiary/aromatic N) is 1. The minimum Gasteiger partial charge on any atom is -0.462 e. The van der Waals surface area contributed by atoms with Crippen molar-refractivity contribution in [3.8, 4) is 0 Å². The maximum Gasteiger partial charge on any atom is 0.472 e. The predicted octanol–water partition coefficient (Wildman–Crippen LogP) is 17.6. The molecular formula is C62H105NO8P+. The van der Waals surface area contributed by atoms with Crippen LogP contribution in [0.3, 0.4) is 0 Å². The van der Waals surface area contributed by atoms with Gasteiger partial charge >= 0.3 is 19.8 Å². The number of quaternary nitrogens is 1. The third-order valence-electron chi connectivity index (χ3n) is 11.5. The molecule has 0 saturated heterocycles. The van der Waals surface area contributed by atoms with Crippen LogP contribution in [0.1, 0.15) is 206 Å². The summed E-state index contributed by atoms with van der Waals surface area (Å²) in [6.07, 6.45) is 74.2. The van der Waals surface area contributed by atoms with E-state index in [0.29, 0.717) is 17.4 Å². The van der Waals surface area contributed by atoms with Crippen molar-refractivity contribution < 1.29 is 42.1 Å². The SMILES string of the molecule is CC/C=C\C/C=C\C/C=C\C/C=C\C/C=C\C/C=C\C/C=C\C/C=C\C/C=C\C/C=C\CCCCCCCCC(=O)OC(COC(=O)CCCCCCCCCCCCC)COP(=O)(O)OCC[N+](C)(C)C. The molecule has 0 fully saturated rings.